The van der Waals surface area contributed by atoms with Gasteiger partial charge in [-0.05, 0) is 19.4 Å². The molecule has 20 heavy (non-hydrogen) atoms. The topological polar surface area (TPSA) is 71.3 Å². The van der Waals surface area contributed by atoms with E-state index in [0.717, 1.165) is 19.4 Å². The van der Waals surface area contributed by atoms with Gasteiger partial charge in [0.2, 0.25) is 10.0 Å². The second-order valence-corrected chi connectivity index (χ2v) is 6.68. The van der Waals surface area contributed by atoms with Crippen LogP contribution in [-0.4, -0.2) is 21.5 Å². The number of rotatable bonds is 9. The van der Waals surface area contributed by atoms with E-state index >= 15 is 0 Å². The highest BCUT2D eigenvalue weighted by molar-refractivity contribution is 7.89. The molecule has 0 saturated heterocycles. The zero-order valence-electron chi connectivity index (χ0n) is 12.8. The Hall–Kier alpha value is -0.850. The van der Waals surface area contributed by atoms with Crippen molar-refractivity contribution < 1.29 is 12.8 Å². The zero-order chi connectivity index (χ0) is 15.2. The molecule has 0 fully saturated rings. The summed E-state index contributed by atoms with van der Waals surface area (Å²) < 4.78 is 32.7. The molecule has 1 aromatic heterocycles. The first-order valence-corrected chi connectivity index (χ1v) is 8.72. The molecular weight excluding hydrogens is 276 g/mol. The summed E-state index contributed by atoms with van der Waals surface area (Å²) in [6.07, 6.45) is 1.93. The Morgan fingerprint density at radius 2 is 1.90 bits per heavy atom. The van der Waals surface area contributed by atoms with Crippen LogP contribution in [0.15, 0.2) is 15.4 Å². The summed E-state index contributed by atoms with van der Waals surface area (Å²) in [5, 5.41) is 3.12. The van der Waals surface area contributed by atoms with Crippen LogP contribution >= 0.6 is 0 Å². The van der Waals surface area contributed by atoms with E-state index in [9.17, 15) is 8.42 Å². The number of aryl methyl sites for hydroxylation is 1. The molecule has 0 spiro atoms. The van der Waals surface area contributed by atoms with E-state index in [2.05, 4.69) is 23.9 Å². The van der Waals surface area contributed by atoms with Gasteiger partial charge < -0.3 is 9.73 Å². The van der Waals surface area contributed by atoms with Crippen molar-refractivity contribution in [3.05, 3.63) is 17.6 Å². The van der Waals surface area contributed by atoms with Gasteiger partial charge in [0, 0.05) is 12.6 Å². The fourth-order valence-corrected chi connectivity index (χ4v) is 3.33. The second-order valence-electron chi connectivity index (χ2n) is 4.95. The number of hydrogen-bond acceptors (Lipinski definition) is 4. The molecule has 0 aliphatic heterocycles. The van der Waals surface area contributed by atoms with Crippen molar-refractivity contribution in [2.75, 3.05) is 13.1 Å². The largest absolute Gasteiger partial charge is 0.464 e. The Balaban J connectivity index is 2.79. The van der Waals surface area contributed by atoms with Gasteiger partial charge in [0.1, 0.15) is 16.4 Å². The van der Waals surface area contributed by atoms with E-state index in [4.69, 9.17) is 4.42 Å². The van der Waals surface area contributed by atoms with Crippen LogP contribution in [0.25, 0.3) is 0 Å². The third-order valence-corrected chi connectivity index (χ3v) is 5.01. The molecular formula is C14H26N2O3S. The standard InChI is InChI=1S/C14H26N2O3S/c1-5-12(6-2)9-16-20(17,18)14-8-13(10-15-7-3)19-11(14)4/h8,12,15-16H,5-7,9-10H2,1-4H3. The molecule has 116 valence electrons. The summed E-state index contributed by atoms with van der Waals surface area (Å²) >= 11 is 0. The van der Waals surface area contributed by atoms with E-state index in [0.29, 0.717) is 30.5 Å². The van der Waals surface area contributed by atoms with Crippen molar-refractivity contribution in [3.8, 4) is 0 Å². The SMILES string of the molecule is CCNCc1cc(S(=O)(=O)NCC(CC)CC)c(C)o1. The van der Waals surface area contributed by atoms with Crippen LogP contribution in [0.3, 0.4) is 0 Å². The summed E-state index contributed by atoms with van der Waals surface area (Å²) in [5.74, 6) is 1.46. The van der Waals surface area contributed by atoms with Crippen molar-refractivity contribution in [3.63, 3.8) is 0 Å². The lowest BCUT2D eigenvalue weighted by Gasteiger charge is -2.13. The van der Waals surface area contributed by atoms with Gasteiger partial charge in [0.25, 0.3) is 0 Å². The maximum absolute atomic E-state index is 12.3. The van der Waals surface area contributed by atoms with E-state index in [-0.39, 0.29) is 4.90 Å². The normalized spacial score (nSPS) is 12.2. The van der Waals surface area contributed by atoms with Gasteiger partial charge in [-0.25, -0.2) is 13.1 Å². The first kappa shape index (κ1) is 17.2. The van der Waals surface area contributed by atoms with Gasteiger partial charge in [0.15, 0.2) is 0 Å². The summed E-state index contributed by atoms with van der Waals surface area (Å²) in [4.78, 5) is 0.247. The van der Waals surface area contributed by atoms with Crippen molar-refractivity contribution >= 4 is 10.0 Å². The van der Waals surface area contributed by atoms with Gasteiger partial charge in [-0.1, -0.05) is 33.6 Å². The third-order valence-electron chi connectivity index (χ3n) is 3.48. The van der Waals surface area contributed by atoms with Gasteiger partial charge in [-0.15, -0.1) is 0 Å². The molecule has 0 amide bonds. The molecule has 0 saturated carbocycles. The van der Waals surface area contributed by atoms with Crippen molar-refractivity contribution in [1.29, 1.82) is 0 Å². The predicted molar refractivity (Wildman–Crippen MR) is 80.1 cm³/mol. The maximum atomic E-state index is 12.3. The Labute approximate surface area is 122 Å². The Kier molecular flexibility index (Phi) is 6.71. The fraction of sp³-hybridized carbons (Fsp3) is 0.714. The Morgan fingerprint density at radius 3 is 2.45 bits per heavy atom. The molecule has 0 atom stereocenters. The highest BCUT2D eigenvalue weighted by atomic mass is 32.2. The van der Waals surface area contributed by atoms with Gasteiger partial charge in [-0.3, -0.25) is 0 Å². The molecule has 0 radical (unpaired) electrons. The van der Waals surface area contributed by atoms with Gasteiger partial charge >= 0.3 is 0 Å². The molecule has 6 heteroatoms. The van der Waals surface area contributed by atoms with Crippen LogP contribution in [-0.2, 0) is 16.6 Å². The molecule has 5 nitrogen and oxygen atoms in total. The number of nitrogens with one attached hydrogen (secondary N) is 2. The monoisotopic (exact) mass is 302 g/mol. The summed E-state index contributed by atoms with van der Waals surface area (Å²) in [6, 6.07) is 1.60. The minimum Gasteiger partial charge on any atom is -0.464 e. The van der Waals surface area contributed by atoms with Gasteiger partial charge in [-0.2, -0.15) is 0 Å². The summed E-state index contributed by atoms with van der Waals surface area (Å²) in [7, 11) is -3.48. The van der Waals surface area contributed by atoms with E-state index in [1.165, 1.54) is 0 Å². The average molecular weight is 302 g/mol. The van der Waals surface area contributed by atoms with Crippen molar-refractivity contribution in [2.24, 2.45) is 5.92 Å². The van der Waals surface area contributed by atoms with Crippen LogP contribution in [0.1, 0.15) is 45.1 Å². The zero-order valence-corrected chi connectivity index (χ0v) is 13.6. The lowest BCUT2D eigenvalue weighted by Crippen LogP contribution is -2.29. The molecule has 2 N–H and O–H groups in total. The van der Waals surface area contributed by atoms with E-state index in [1.54, 1.807) is 13.0 Å². The molecule has 1 heterocycles. The highest BCUT2D eigenvalue weighted by Gasteiger charge is 2.21. The number of hydrogen-bond donors (Lipinski definition) is 2. The van der Waals surface area contributed by atoms with Crippen LogP contribution < -0.4 is 10.0 Å². The Morgan fingerprint density at radius 1 is 1.25 bits per heavy atom. The van der Waals surface area contributed by atoms with Crippen LogP contribution in [0.4, 0.5) is 0 Å². The smallest absolute Gasteiger partial charge is 0.244 e. The first-order chi connectivity index (χ1) is 9.44. The van der Waals surface area contributed by atoms with Crippen molar-refractivity contribution in [1.82, 2.24) is 10.0 Å². The fourth-order valence-electron chi connectivity index (χ4n) is 2.01. The van der Waals surface area contributed by atoms with Gasteiger partial charge in [0.05, 0.1) is 6.54 Å². The molecule has 0 bridgehead atoms. The molecule has 1 rings (SSSR count). The summed E-state index contributed by atoms with van der Waals surface area (Å²) in [5.41, 5.74) is 0. The molecule has 0 unspecified atom stereocenters. The van der Waals surface area contributed by atoms with Crippen LogP contribution in [0.5, 0.6) is 0 Å². The third kappa shape index (κ3) is 4.61. The first-order valence-electron chi connectivity index (χ1n) is 7.24. The number of sulfonamides is 1. The predicted octanol–water partition coefficient (Wildman–Crippen LogP) is 2.41. The second kappa shape index (κ2) is 7.81. The average Bonchev–Trinajstić information content (AvgIpc) is 2.79. The molecule has 0 aliphatic carbocycles. The maximum Gasteiger partial charge on any atom is 0.244 e. The highest BCUT2D eigenvalue weighted by Crippen LogP contribution is 2.20. The molecule has 0 aliphatic rings. The lowest BCUT2D eigenvalue weighted by atomic mass is 10.0. The van der Waals surface area contributed by atoms with E-state index in [1.807, 2.05) is 6.92 Å². The molecule has 0 aromatic carbocycles. The number of furan rings is 1. The van der Waals surface area contributed by atoms with Crippen LogP contribution in [0, 0.1) is 12.8 Å². The van der Waals surface area contributed by atoms with Crippen LogP contribution in [0.2, 0.25) is 0 Å². The Bertz CT molecular complexity index is 504. The lowest BCUT2D eigenvalue weighted by molar-refractivity contribution is 0.458. The van der Waals surface area contributed by atoms with E-state index < -0.39 is 10.0 Å². The minimum absolute atomic E-state index is 0.247. The van der Waals surface area contributed by atoms with Crippen molar-refractivity contribution in [2.45, 2.75) is 52.0 Å². The summed E-state index contributed by atoms with van der Waals surface area (Å²) in [6.45, 7) is 9.64. The molecule has 1 aromatic rings. The quantitative estimate of drug-likeness (QED) is 0.735. The minimum atomic E-state index is -3.48.